The Bertz CT molecular complexity index is 544. The number of sulfonamides is 1. The average molecular weight is 210 g/mol. The van der Waals surface area contributed by atoms with Gasteiger partial charge in [0.15, 0.2) is 5.03 Å². The highest BCUT2D eigenvalue weighted by Crippen LogP contribution is 2.27. The molecule has 0 aliphatic carbocycles. The molecule has 0 N–H and O–H groups in total. The number of hydrogen-bond donors (Lipinski definition) is 0. The molecule has 0 radical (unpaired) electrons. The molecule has 0 amide bonds. The molecule has 1 aliphatic rings. The summed E-state index contributed by atoms with van der Waals surface area (Å²) in [5.41, 5.74) is 2.81. The Labute approximate surface area is 82.8 Å². The smallest absolute Gasteiger partial charge is 0.239 e. The van der Waals surface area contributed by atoms with Crippen molar-refractivity contribution in [1.29, 1.82) is 0 Å². The lowest BCUT2D eigenvalue weighted by molar-refractivity contribution is 0.595. The van der Waals surface area contributed by atoms with Crippen molar-refractivity contribution in [2.75, 3.05) is 0 Å². The molecule has 1 aromatic heterocycles. The van der Waals surface area contributed by atoms with Gasteiger partial charge in [-0.3, -0.25) is 0 Å². The number of aromatic nitrogens is 1. The van der Waals surface area contributed by atoms with Gasteiger partial charge in [0.2, 0.25) is 0 Å². The van der Waals surface area contributed by atoms with Crippen molar-refractivity contribution in [3.8, 4) is 0 Å². The van der Waals surface area contributed by atoms with E-state index in [1.54, 1.807) is 13.8 Å². The Morgan fingerprint density at radius 2 is 1.86 bits per heavy atom. The molecular formula is C9H10N2O2S. The van der Waals surface area contributed by atoms with E-state index < -0.39 is 10.0 Å². The Kier molecular flexibility index (Phi) is 1.75. The molecule has 0 fully saturated rings. The van der Waals surface area contributed by atoms with Crippen molar-refractivity contribution in [3.63, 3.8) is 0 Å². The Morgan fingerprint density at radius 3 is 2.50 bits per heavy atom. The standard InChI is InChI=1S/C9H10N2O2S/c1-5-4-6(2)10-9-8(5)7(3)11-14(9,12)13/h4H,1-3H3. The fourth-order valence-electron chi connectivity index (χ4n) is 1.70. The second kappa shape index (κ2) is 2.63. The minimum atomic E-state index is -3.52. The molecule has 0 spiro atoms. The zero-order valence-corrected chi connectivity index (χ0v) is 9.01. The lowest BCUT2D eigenvalue weighted by atomic mass is 10.1. The van der Waals surface area contributed by atoms with E-state index in [2.05, 4.69) is 9.38 Å². The second-order valence-electron chi connectivity index (χ2n) is 3.41. The van der Waals surface area contributed by atoms with Crippen LogP contribution in [-0.2, 0) is 10.0 Å². The molecule has 1 aromatic rings. The quantitative estimate of drug-likeness (QED) is 0.646. The summed E-state index contributed by atoms with van der Waals surface area (Å²) in [7, 11) is -3.52. The van der Waals surface area contributed by atoms with Gasteiger partial charge < -0.3 is 0 Å². The molecule has 2 heterocycles. The van der Waals surface area contributed by atoms with Crippen LogP contribution in [0.2, 0.25) is 0 Å². The molecule has 0 unspecified atom stereocenters. The first-order valence-corrected chi connectivity index (χ1v) is 5.66. The molecule has 2 rings (SSSR count). The van der Waals surface area contributed by atoms with Gasteiger partial charge >= 0.3 is 10.0 Å². The van der Waals surface area contributed by atoms with Gasteiger partial charge in [0.05, 0.1) is 5.71 Å². The molecule has 0 bridgehead atoms. The minimum Gasteiger partial charge on any atom is -0.239 e. The lowest BCUT2D eigenvalue weighted by Gasteiger charge is -2.03. The maximum absolute atomic E-state index is 11.5. The summed E-state index contributed by atoms with van der Waals surface area (Å²) in [5, 5.41) is 0.104. The van der Waals surface area contributed by atoms with Gasteiger partial charge in [0, 0.05) is 11.3 Å². The SMILES string of the molecule is CC1=NS(=O)(=O)c2nc(C)cc(C)c21. The maximum atomic E-state index is 11.5. The fraction of sp³-hybridized carbons (Fsp3) is 0.333. The van der Waals surface area contributed by atoms with Gasteiger partial charge in [-0.2, -0.15) is 12.8 Å². The maximum Gasteiger partial charge on any atom is 0.300 e. The molecule has 14 heavy (non-hydrogen) atoms. The van der Waals surface area contributed by atoms with E-state index in [-0.39, 0.29) is 5.03 Å². The van der Waals surface area contributed by atoms with Crippen LogP contribution in [0.5, 0.6) is 0 Å². The zero-order chi connectivity index (χ0) is 10.5. The number of pyridine rings is 1. The van der Waals surface area contributed by atoms with Crippen LogP contribution in [0.15, 0.2) is 15.5 Å². The van der Waals surface area contributed by atoms with E-state index in [0.717, 1.165) is 5.56 Å². The van der Waals surface area contributed by atoms with E-state index in [9.17, 15) is 8.42 Å². The van der Waals surface area contributed by atoms with Gasteiger partial charge in [-0.25, -0.2) is 4.98 Å². The first kappa shape index (κ1) is 9.33. The molecular weight excluding hydrogens is 200 g/mol. The van der Waals surface area contributed by atoms with E-state index in [1.165, 1.54) is 0 Å². The summed E-state index contributed by atoms with van der Waals surface area (Å²) in [6, 6.07) is 1.86. The topological polar surface area (TPSA) is 59.4 Å². The fourth-order valence-corrected chi connectivity index (χ4v) is 3.06. The summed E-state index contributed by atoms with van der Waals surface area (Å²) >= 11 is 0. The normalized spacial score (nSPS) is 17.8. The lowest BCUT2D eigenvalue weighted by Crippen LogP contribution is -2.02. The van der Waals surface area contributed by atoms with Gasteiger partial charge in [0.1, 0.15) is 0 Å². The van der Waals surface area contributed by atoms with Crippen LogP contribution < -0.4 is 0 Å². The van der Waals surface area contributed by atoms with Crippen LogP contribution in [0, 0.1) is 13.8 Å². The highest BCUT2D eigenvalue weighted by molar-refractivity contribution is 7.90. The Hall–Kier alpha value is -1.23. The molecule has 0 saturated carbocycles. The van der Waals surface area contributed by atoms with Crippen LogP contribution >= 0.6 is 0 Å². The monoisotopic (exact) mass is 210 g/mol. The molecule has 0 saturated heterocycles. The predicted octanol–water partition coefficient (Wildman–Crippen LogP) is 1.21. The summed E-state index contributed by atoms with van der Waals surface area (Å²) in [6.45, 7) is 5.33. The number of nitrogens with zero attached hydrogens (tertiary/aromatic N) is 2. The van der Waals surface area contributed by atoms with E-state index in [4.69, 9.17) is 0 Å². The van der Waals surface area contributed by atoms with E-state index in [1.807, 2.05) is 13.0 Å². The first-order chi connectivity index (χ1) is 6.42. The van der Waals surface area contributed by atoms with E-state index in [0.29, 0.717) is 17.0 Å². The van der Waals surface area contributed by atoms with Gasteiger partial charge in [0.25, 0.3) is 0 Å². The minimum absolute atomic E-state index is 0.104. The van der Waals surface area contributed by atoms with Crippen molar-refractivity contribution in [2.24, 2.45) is 4.40 Å². The van der Waals surface area contributed by atoms with Crippen molar-refractivity contribution >= 4 is 15.7 Å². The zero-order valence-electron chi connectivity index (χ0n) is 8.20. The van der Waals surface area contributed by atoms with Crippen LogP contribution in [0.1, 0.15) is 23.7 Å². The summed E-state index contributed by atoms with van der Waals surface area (Å²) in [5.74, 6) is 0. The summed E-state index contributed by atoms with van der Waals surface area (Å²) < 4.78 is 26.7. The van der Waals surface area contributed by atoms with Crippen molar-refractivity contribution < 1.29 is 8.42 Å². The third-order valence-electron chi connectivity index (χ3n) is 2.17. The highest BCUT2D eigenvalue weighted by Gasteiger charge is 2.29. The van der Waals surface area contributed by atoms with Gasteiger partial charge in [-0.05, 0) is 32.4 Å². The third-order valence-corrected chi connectivity index (χ3v) is 3.47. The summed E-state index contributed by atoms with van der Waals surface area (Å²) in [6.07, 6.45) is 0. The molecule has 4 nitrogen and oxygen atoms in total. The van der Waals surface area contributed by atoms with Crippen molar-refractivity contribution in [3.05, 3.63) is 22.9 Å². The predicted molar refractivity (Wildman–Crippen MR) is 53.1 cm³/mol. The number of rotatable bonds is 0. The van der Waals surface area contributed by atoms with Crippen LogP contribution in [0.4, 0.5) is 0 Å². The molecule has 0 aromatic carbocycles. The van der Waals surface area contributed by atoms with Crippen LogP contribution in [-0.4, -0.2) is 19.1 Å². The largest absolute Gasteiger partial charge is 0.300 e. The number of hydrogen-bond acceptors (Lipinski definition) is 3. The highest BCUT2D eigenvalue weighted by atomic mass is 32.2. The second-order valence-corrected chi connectivity index (χ2v) is 4.93. The molecule has 74 valence electrons. The molecule has 5 heteroatoms. The summed E-state index contributed by atoms with van der Waals surface area (Å²) in [4.78, 5) is 4.02. The average Bonchev–Trinajstić information content (AvgIpc) is 2.21. The number of fused-ring (bicyclic) bond motifs is 1. The van der Waals surface area contributed by atoms with Crippen LogP contribution in [0.3, 0.4) is 0 Å². The molecule has 0 atom stereocenters. The van der Waals surface area contributed by atoms with Crippen molar-refractivity contribution in [2.45, 2.75) is 25.8 Å². The van der Waals surface area contributed by atoms with E-state index >= 15 is 0 Å². The number of aryl methyl sites for hydroxylation is 2. The van der Waals surface area contributed by atoms with Gasteiger partial charge in [-0.15, -0.1) is 0 Å². The third kappa shape index (κ3) is 1.16. The first-order valence-electron chi connectivity index (χ1n) is 4.22. The van der Waals surface area contributed by atoms with Gasteiger partial charge in [-0.1, -0.05) is 0 Å². The Balaban J connectivity index is 2.90. The van der Waals surface area contributed by atoms with Crippen LogP contribution in [0.25, 0.3) is 0 Å². The Morgan fingerprint density at radius 1 is 1.21 bits per heavy atom. The van der Waals surface area contributed by atoms with Crippen molar-refractivity contribution in [1.82, 2.24) is 4.98 Å². The molecule has 1 aliphatic heterocycles.